The number of ether oxygens (including phenoxy) is 1. The molecule has 0 aromatic heterocycles. The van der Waals surface area contributed by atoms with Gasteiger partial charge in [-0.1, -0.05) is 55.8 Å². The number of benzene rings is 2. The van der Waals surface area contributed by atoms with Crippen LogP contribution in [0.4, 0.5) is 0 Å². The molecular weight excluding hydrogens is 480 g/mol. The van der Waals surface area contributed by atoms with E-state index in [4.69, 9.17) is 16.3 Å². The lowest BCUT2D eigenvalue weighted by molar-refractivity contribution is -0.142. The molecule has 0 bridgehead atoms. The Hall–Kier alpha value is -2.05. The summed E-state index contributed by atoms with van der Waals surface area (Å²) in [6.07, 6.45) is 2.01. The van der Waals surface area contributed by atoms with E-state index in [1.807, 2.05) is 51.1 Å². The van der Waals surface area contributed by atoms with Crippen LogP contribution in [0, 0.1) is 0 Å². The van der Waals surface area contributed by atoms with Crippen molar-refractivity contribution in [2.24, 2.45) is 0 Å². The number of nitrogens with one attached hydrogen (secondary N) is 1. The highest BCUT2D eigenvalue weighted by Crippen LogP contribution is 2.28. The van der Waals surface area contributed by atoms with Gasteiger partial charge in [-0.2, -0.15) is 0 Å². The molecule has 31 heavy (non-hydrogen) atoms. The molecule has 0 saturated carbocycles. The second kappa shape index (κ2) is 12.7. The summed E-state index contributed by atoms with van der Waals surface area (Å²) in [6, 6.07) is 14.5. The molecule has 2 aromatic rings. The van der Waals surface area contributed by atoms with E-state index >= 15 is 0 Å². The first-order valence-electron chi connectivity index (χ1n) is 10.6. The molecule has 2 aromatic carbocycles. The number of hydrogen-bond donors (Lipinski definition) is 1. The Bertz CT molecular complexity index is 863. The molecule has 2 atom stereocenters. The Morgan fingerprint density at radius 1 is 1.13 bits per heavy atom. The molecule has 2 amide bonds. The molecule has 0 aliphatic heterocycles. The van der Waals surface area contributed by atoms with Crippen LogP contribution in [0.25, 0.3) is 0 Å². The SMILES string of the molecule is CC[C@@H](C)NC(=O)[C@@H](CC)N(CCc1ccccc1)C(=O)COc1ccc(Cl)cc1Br. The van der Waals surface area contributed by atoms with E-state index < -0.39 is 6.04 Å². The predicted octanol–water partition coefficient (Wildman–Crippen LogP) is 5.25. The smallest absolute Gasteiger partial charge is 0.261 e. The van der Waals surface area contributed by atoms with E-state index in [9.17, 15) is 9.59 Å². The molecule has 7 heteroatoms. The second-order valence-electron chi connectivity index (χ2n) is 7.43. The fraction of sp³-hybridized carbons (Fsp3) is 0.417. The molecule has 1 N–H and O–H groups in total. The normalized spacial score (nSPS) is 12.7. The maximum absolute atomic E-state index is 13.2. The minimum atomic E-state index is -0.553. The summed E-state index contributed by atoms with van der Waals surface area (Å²) in [4.78, 5) is 27.7. The predicted molar refractivity (Wildman–Crippen MR) is 128 cm³/mol. The average Bonchev–Trinajstić information content (AvgIpc) is 2.76. The van der Waals surface area contributed by atoms with Crippen LogP contribution < -0.4 is 10.1 Å². The Morgan fingerprint density at radius 3 is 2.45 bits per heavy atom. The summed E-state index contributed by atoms with van der Waals surface area (Å²) in [6.45, 7) is 6.16. The lowest BCUT2D eigenvalue weighted by Crippen LogP contribution is -2.52. The number of nitrogens with zero attached hydrogens (tertiary/aromatic N) is 1. The van der Waals surface area contributed by atoms with Gasteiger partial charge in [-0.05, 0) is 65.9 Å². The van der Waals surface area contributed by atoms with Gasteiger partial charge in [0, 0.05) is 17.6 Å². The van der Waals surface area contributed by atoms with Crippen molar-refractivity contribution in [1.29, 1.82) is 0 Å². The second-order valence-corrected chi connectivity index (χ2v) is 8.72. The summed E-state index contributed by atoms with van der Waals surface area (Å²) >= 11 is 9.37. The van der Waals surface area contributed by atoms with Gasteiger partial charge in [0.15, 0.2) is 6.61 Å². The van der Waals surface area contributed by atoms with Crippen molar-refractivity contribution in [3.05, 3.63) is 63.6 Å². The lowest BCUT2D eigenvalue weighted by Gasteiger charge is -2.31. The molecule has 0 saturated heterocycles. The quantitative estimate of drug-likeness (QED) is 0.450. The summed E-state index contributed by atoms with van der Waals surface area (Å²) in [5.74, 6) is 0.160. The third-order valence-corrected chi connectivity index (χ3v) is 5.97. The Morgan fingerprint density at radius 2 is 1.84 bits per heavy atom. The number of carbonyl (C=O) groups is 2. The van der Waals surface area contributed by atoms with Gasteiger partial charge in [0.2, 0.25) is 5.91 Å². The van der Waals surface area contributed by atoms with Crippen molar-refractivity contribution >= 4 is 39.3 Å². The van der Waals surface area contributed by atoms with Crippen molar-refractivity contribution in [1.82, 2.24) is 10.2 Å². The third kappa shape index (κ3) is 7.86. The number of hydrogen-bond acceptors (Lipinski definition) is 3. The molecule has 0 heterocycles. The largest absolute Gasteiger partial charge is 0.483 e. The zero-order valence-electron chi connectivity index (χ0n) is 18.2. The molecule has 0 spiro atoms. The van der Waals surface area contributed by atoms with Crippen LogP contribution in [0.1, 0.15) is 39.2 Å². The van der Waals surface area contributed by atoms with E-state index in [0.717, 1.165) is 12.0 Å². The van der Waals surface area contributed by atoms with Crippen LogP contribution in [0.5, 0.6) is 5.75 Å². The van der Waals surface area contributed by atoms with Crippen molar-refractivity contribution in [3.63, 3.8) is 0 Å². The molecule has 2 rings (SSSR count). The molecule has 0 unspecified atom stereocenters. The van der Waals surface area contributed by atoms with Gasteiger partial charge in [0.25, 0.3) is 5.91 Å². The van der Waals surface area contributed by atoms with E-state index in [0.29, 0.717) is 34.6 Å². The maximum atomic E-state index is 13.2. The highest BCUT2D eigenvalue weighted by atomic mass is 79.9. The highest BCUT2D eigenvalue weighted by molar-refractivity contribution is 9.10. The maximum Gasteiger partial charge on any atom is 0.261 e. The molecule has 0 radical (unpaired) electrons. The van der Waals surface area contributed by atoms with Crippen LogP contribution in [0.2, 0.25) is 5.02 Å². The van der Waals surface area contributed by atoms with E-state index in [1.165, 1.54) is 0 Å². The van der Waals surface area contributed by atoms with Crippen LogP contribution >= 0.6 is 27.5 Å². The van der Waals surface area contributed by atoms with Gasteiger partial charge in [-0.15, -0.1) is 0 Å². The minimum Gasteiger partial charge on any atom is -0.483 e. The fourth-order valence-corrected chi connectivity index (χ4v) is 3.95. The molecule has 0 fully saturated rings. The number of halogens is 2. The Labute approximate surface area is 198 Å². The van der Waals surface area contributed by atoms with Gasteiger partial charge in [0.05, 0.1) is 4.47 Å². The Balaban J connectivity index is 2.15. The van der Waals surface area contributed by atoms with E-state index in [2.05, 4.69) is 21.2 Å². The number of rotatable bonds is 11. The number of amides is 2. The third-order valence-electron chi connectivity index (χ3n) is 5.12. The molecule has 168 valence electrons. The topological polar surface area (TPSA) is 58.6 Å². The van der Waals surface area contributed by atoms with Crippen LogP contribution in [0.3, 0.4) is 0 Å². The van der Waals surface area contributed by atoms with Crippen LogP contribution in [-0.2, 0) is 16.0 Å². The fourth-order valence-electron chi connectivity index (χ4n) is 3.15. The monoisotopic (exact) mass is 508 g/mol. The highest BCUT2D eigenvalue weighted by Gasteiger charge is 2.29. The number of carbonyl (C=O) groups excluding carboxylic acids is 2. The molecule has 0 aliphatic carbocycles. The first-order valence-corrected chi connectivity index (χ1v) is 11.7. The summed E-state index contributed by atoms with van der Waals surface area (Å²) in [5, 5.41) is 3.58. The van der Waals surface area contributed by atoms with E-state index in [-0.39, 0.29) is 24.5 Å². The summed E-state index contributed by atoms with van der Waals surface area (Å²) < 4.78 is 6.41. The van der Waals surface area contributed by atoms with Crippen molar-refractivity contribution in [2.75, 3.05) is 13.2 Å². The first-order chi connectivity index (χ1) is 14.8. The molecule has 0 aliphatic rings. The van der Waals surface area contributed by atoms with Crippen molar-refractivity contribution in [2.45, 2.75) is 52.1 Å². The van der Waals surface area contributed by atoms with Crippen molar-refractivity contribution in [3.8, 4) is 5.75 Å². The lowest BCUT2D eigenvalue weighted by atomic mass is 10.1. The Kier molecular flexibility index (Phi) is 10.3. The van der Waals surface area contributed by atoms with Gasteiger partial charge < -0.3 is 15.0 Å². The van der Waals surface area contributed by atoms with Gasteiger partial charge in [0.1, 0.15) is 11.8 Å². The van der Waals surface area contributed by atoms with Crippen molar-refractivity contribution < 1.29 is 14.3 Å². The van der Waals surface area contributed by atoms with Gasteiger partial charge >= 0.3 is 0 Å². The average molecular weight is 510 g/mol. The first kappa shape index (κ1) is 25.2. The standard InChI is InChI=1S/C24H30BrClN2O3/c1-4-17(3)27-24(30)21(5-2)28(14-13-18-9-7-6-8-10-18)23(29)16-31-22-12-11-19(26)15-20(22)25/h6-12,15,17,21H,4-5,13-14,16H2,1-3H3,(H,27,30)/t17-,21-/m1/s1. The van der Waals surface area contributed by atoms with E-state index in [1.54, 1.807) is 23.1 Å². The zero-order chi connectivity index (χ0) is 22.8. The molecule has 5 nitrogen and oxygen atoms in total. The van der Waals surface area contributed by atoms with Gasteiger partial charge in [-0.3, -0.25) is 9.59 Å². The summed E-state index contributed by atoms with van der Waals surface area (Å²) in [5.41, 5.74) is 1.11. The van der Waals surface area contributed by atoms with Gasteiger partial charge in [-0.25, -0.2) is 0 Å². The summed E-state index contributed by atoms with van der Waals surface area (Å²) in [7, 11) is 0. The van der Waals surface area contributed by atoms with Crippen LogP contribution in [0.15, 0.2) is 53.0 Å². The molecular formula is C24H30BrClN2O3. The van der Waals surface area contributed by atoms with Crippen LogP contribution in [-0.4, -0.2) is 41.9 Å². The zero-order valence-corrected chi connectivity index (χ0v) is 20.6. The minimum absolute atomic E-state index is 0.0499.